The average molecular weight is 210 g/mol. The SMILES string of the molecule is C=CC(=O)OC1CC2(CCCC2)OC1=O. The molecule has 0 bridgehead atoms. The molecule has 1 spiro atoms. The molecule has 1 atom stereocenters. The van der Waals surface area contributed by atoms with Crippen LogP contribution in [0.15, 0.2) is 12.7 Å². The van der Waals surface area contributed by atoms with Gasteiger partial charge in [-0.05, 0) is 25.7 Å². The maximum absolute atomic E-state index is 11.5. The summed E-state index contributed by atoms with van der Waals surface area (Å²) in [5.41, 5.74) is -0.344. The second-order valence-corrected chi connectivity index (χ2v) is 4.14. The van der Waals surface area contributed by atoms with Gasteiger partial charge in [-0.1, -0.05) is 6.58 Å². The number of hydrogen-bond acceptors (Lipinski definition) is 4. The molecule has 0 radical (unpaired) electrons. The van der Waals surface area contributed by atoms with Crippen LogP contribution in [0, 0.1) is 0 Å². The molecule has 0 aromatic carbocycles. The van der Waals surface area contributed by atoms with Gasteiger partial charge in [0.05, 0.1) is 0 Å². The van der Waals surface area contributed by atoms with Gasteiger partial charge in [-0.3, -0.25) is 0 Å². The minimum atomic E-state index is -0.728. The smallest absolute Gasteiger partial charge is 0.348 e. The van der Waals surface area contributed by atoms with Gasteiger partial charge in [0.15, 0.2) is 0 Å². The summed E-state index contributed by atoms with van der Waals surface area (Å²) in [4.78, 5) is 22.4. The third-order valence-corrected chi connectivity index (χ3v) is 3.08. The molecule has 0 N–H and O–H groups in total. The molecule has 82 valence electrons. The summed E-state index contributed by atoms with van der Waals surface area (Å²) >= 11 is 0. The summed E-state index contributed by atoms with van der Waals surface area (Å²) in [5, 5.41) is 0. The number of ether oxygens (including phenoxy) is 2. The van der Waals surface area contributed by atoms with Gasteiger partial charge < -0.3 is 9.47 Å². The van der Waals surface area contributed by atoms with Crippen molar-refractivity contribution in [3.05, 3.63) is 12.7 Å². The van der Waals surface area contributed by atoms with Crippen molar-refractivity contribution >= 4 is 11.9 Å². The molecule has 4 nitrogen and oxygen atoms in total. The maximum Gasteiger partial charge on any atom is 0.348 e. The highest BCUT2D eigenvalue weighted by molar-refractivity contribution is 5.86. The summed E-state index contributed by atoms with van der Waals surface area (Å²) in [6.07, 6.45) is 4.78. The fourth-order valence-corrected chi connectivity index (χ4v) is 2.35. The number of carbonyl (C=O) groups excluding carboxylic acids is 2. The lowest BCUT2D eigenvalue weighted by Gasteiger charge is -2.19. The highest BCUT2D eigenvalue weighted by atomic mass is 16.6. The normalized spacial score (nSPS) is 27.7. The van der Waals surface area contributed by atoms with E-state index in [0.717, 1.165) is 31.8 Å². The molecule has 2 rings (SSSR count). The minimum Gasteiger partial charge on any atom is -0.456 e. The molecule has 1 saturated heterocycles. The van der Waals surface area contributed by atoms with Crippen molar-refractivity contribution < 1.29 is 19.1 Å². The quantitative estimate of drug-likeness (QED) is 0.510. The highest BCUT2D eigenvalue weighted by Crippen LogP contribution is 2.42. The lowest BCUT2D eigenvalue weighted by Crippen LogP contribution is -2.24. The molecule has 2 fully saturated rings. The largest absolute Gasteiger partial charge is 0.456 e. The van der Waals surface area contributed by atoms with Gasteiger partial charge in [0.25, 0.3) is 0 Å². The number of esters is 2. The first kappa shape index (κ1) is 10.2. The summed E-state index contributed by atoms with van der Waals surface area (Å²) in [6, 6.07) is 0. The molecule has 0 aromatic heterocycles. The van der Waals surface area contributed by atoms with E-state index in [4.69, 9.17) is 9.47 Å². The van der Waals surface area contributed by atoms with Crippen molar-refractivity contribution in [3.8, 4) is 0 Å². The monoisotopic (exact) mass is 210 g/mol. The van der Waals surface area contributed by atoms with Crippen LogP contribution in [0.3, 0.4) is 0 Å². The minimum absolute atomic E-state index is 0.344. The molecule has 1 unspecified atom stereocenters. The second-order valence-electron chi connectivity index (χ2n) is 4.14. The first-order valence-electron chi connectivity index (χ1n) is 5.21. The third-order valence-electron chi connectivity index (χ3n) is 3.08. The van der Waals surface area contributed by atoms with Crippen LogP contribution in [0.2, 0.25) is 0 Å². The number of rotatable bonds is 2. The summed E-state index contributed by atoms with van der Waals surface area (Å²) < 4.78 is 10.2. The van der Waals surface area contributed by atoms with Gasteiger partial charge in [-0.25, -0.2) is 9.59 Å². The molecular weight excluding hydrogens is 196 g/mol. The Morgan fingerprint density at radius 1 is 1.53 bits per heavy atom. The first-order valence-corrected chi connectivity index (χ1v) is 5.21. The first-order chi connectivity index (χ1) is 7.15. The zero-order valence-electron chi connectivity index (χ0n) is 8.53. The van der Waals surface area contributed by atoms with Crippen LogP contribution in [-0.4, -0.2) is 23.6 Å². The van der Waals surface area contributed by atoms with Crippen LogP contribution >= 0.6 is 0 Å². The molecule has 0 aromatic rings. The van der Waals surface area contributed by atoms with Crippen LogP contribution in [0.1, 0.15) is 32.1 Å². The topological polar surface area (TPSA) is 52.6 Å². The van der Waals surface area contributed by atoms with Crippen LogP contribution in [0.4, 0.5) is 0 Å². The van der Waals surface area contributed by atoms with Crippen molar-refractivity contribution in [3.63, 3.8) is 0 Å². The lowest BCUT2D eigenvalue weighted by atomic mass is 9.97. The Morgan fingerprint density at radius 2 is 2.20 bits per heavy atom. The number of hydrogen-bond donors (Lipinski definition) is 0. The Bertz CT molecular complexity index is 302. The Balaban J connectivity index is 2.01. The van der Waals surface area contributed by atoms with E-state index in [1.165, 1.54) is 0 Å². The second kappa shape index (κ2) is 3.68. The van der Waals surface area contributed by atoms with Gasteiger partial charge >= 0.3 is 11.9 Å². The van der Waals surface area contributed by atoms with E-state index in [-0.39, 0.29) is 5.60 Å². The Hall–Kier alpha value is -1.32. The zero-order chi connectivity index (χ0) is 10.9. The summed E-state index contributed by atoms with van der Waals surface area (Å²) in [7, 11) is 0. The van der Waals surface area contributed by atoms with Crippen LogP contribution in [0.5, 0.6) is 0 Å². The molecule has 1 saturated carbocycles. The van der Waals surface area contributed by atoms with E-state index in [0.29, 0.717) is 6.42 Å². The van der Waals surface area contributed by atoms with E-state index in [9.17, 15) is 9.59 Å². The molecular formula is C11H14O4. The van der Waals surface area contributed by atoms with Crippen molar-refractivity contribution in [1.82, 2.24) is 0 Å². The van der Waals surface area contributed by atoms with Crippen LogP contribution < -0.4 is 0 Å². The molecule has 4 heteroatoms. The third kappa shape index (κ3) is 1.89. The Kier molecular flexibility index (Phi) is 2.50. The molecule has 15 heavy (non-hydrogen) atoms. The summed E-state index contributed by atoms with van der Waals surface area (Å²) in [6.45, 7) is 3.29. The predicted molar refractivity (Wildman–Crippen MR) is 52.0 cm³/mol. The van der Waals surface area contributed by atoms with Gasteiger partial charge in [-0.2, -0.15) is 0 Å². The zero-order valence-corrected chi connectivity index (χ0v) is 8.53. The Morgan fingerprint density at radius 3 is 2.80 bits per heavy atom. The molecule has 1 heterocycles. The summed E-state index contributed by atoms with van der Waals surface area (Å²) in [5.74, 6) is -0.973. The van der Waals surface area contributed by atoms with Gasteiger partial charge in [-0.15, -0.1) is 0 Å². The molecule has 1 aliphatic carbocycles. The van der Waals surface area contributed by atoms with E-state index < -0.39 is 18.0 Å². The van der Waals surface area contributed by atoms with Crippen molar-refractivity contribution in [2.45, 2.75) is 43.8 Å². The van der Waals surface area contributed by atoms with E-state index >= 15 is 0 Å². The van der Waals surface area contributed by atoms with Crippen LogP contribution in [-0.2, 0) is 19.1 Å². The van der Waals surface area contributed by atoms with E-state index in [2.05, 4.69) is 6.58 Å². The van der Waals surface area contributed by atoms with Crippen molar-refractivity contribution in [2.75, 3.05) is 0 Å². The van der Waals surface area contributed by atoms with E-state index in [1.54, 1.807) is 0 Å². The molecule has 0 amide bonds. The van der Waals surface area contributed by atoms with Crippen molar-refractivity contribution in [2.24, 2.45) is 0 Å². The highest BCUT2D eigenvalue weighted by Gasteiger charge is 2.49. The molecule has 1 aliphatic heterocycles. The van der Waals surface area contributed by atoms with Gasteiger partial charge in [0.2, 0.25) is 6.10 Å². The Labute approximate surface area is 88.2 Å². The predicted octanol–water partition coefficient (Wildman–Crippen LogP) is 1.34. The lowest BCUT2D eigenvalue weighted by molar-refractivity contribution is -0.160. The van der Waals surface area contributed by atoms with Crippen LogP contribution in [0.25, 0.3) is 0 Å². The van der Waals surface area contributed by atoms with E-state index in [1.807, 2.05) is 0 Å². The maximum atomic E-state index is 11.5. The average Bonchev–Trinajstić information content (AvgIpc) is 2.76. The van der Waals surface area contributed by atoms with Gasteiger partial charge in [0.1, 0.15) is 5.60 Å². The number of carbonyl (C=O) groups is 2. The fourth-order valence-electron chi connectivity index (χ4n) is 2.35. The van der Waals surface area contributed by atoms with Crippen molar-refractivity contribution in [1.29, 1.82) is 0 Å². The fraction of sp³-hybridized carbons (Fsp3) is 0.636. The van der Waals surface area contributed by atoms with Gasteiger partial charge in [0, 0.05) is 12.5 Å². The standard InChI is InChI=1S/C11H14O4/c1-2-9(12)14-8-7-11(15-10(8)13)5-3-4-6-11/h2,8H,1,3-7H2. The molecule has 2 aliphatic rings.